The predicted molar refractivity (Wildman–Crippen MR) is 97.3 cm³/mol. The molecule has 26 heavy (non-hydrogen) atoms. The number of amides is 1. The van der Waals surface area contributed by atoms with Gasteiger partial charge in [-0.1, -0.05) is 0 Å². The molecule has 0 aromatic heterocycles. The molecule has 9 nitrogen and oxygen atoms in total. The van der Waals surface area contributed by atoms with E-state index in [0.29, 0.717) is 5.75 Å². The van der Waals surface area contributed by atoms with Crippen LogP contribution in [0.25, 0.3) is 0 Å². The summed E-state index contributed by atoms with van der Waals surface area (Å²) in [5.74, 6) is -0.332. The molecule has 1 aliphatic rings. The van der Waals surface area contributed by atoms with Crippen molar-refractivity contribution in [1.82, 2.24) is 4.31 Å². The average Bonchev–Trinajstić information content (AvgIpc) is 2.91. The Morgan fingerprint density at radius 1 is 1.42 bits per heavy atom. The number of rotatable bonds is 7. The summed E-state index contributed by atoms with van der Waals surface area (Å²) >= 11 is 0. The Morgan fingerprint density at radius 2 is 2.12 bits per heavy atom. The first-order valence-electron chi connectivity index (χ1n) is 7.98. The van der Waals surface area contributed by atoms with Crippen LogP contribution in [0.15, 0.2) is 23.1 Å². The van der Waals surface area contributed by atoms with Crippen molar-refractivity contribution in [3.63, 3.8) is 0 Å². The van der Waals surface area contributed by atoms with Gasteiger partial charge in [-0.2, -0.15) is 4.31 Å². The van der Waals surface area contributed by atoms with Gasteiger partial charge in [0, 0.05) is 26.1 Å². The highest BCUT2D eigenvalue weighted by Crippen LogP contribution is 2.31. The summed E-state index contributed by atoms with van der Waals surface area (Å²) in [6.45, 7) is 1.36. The van der Waals surface area contributed by atoms with Crippen molar-refractivity contribution in [1.29, 1.82) is 0 Å². The Morgan fingerprint density at radius 3 is 2.62 bits per heavy atom. The van der Waals surface area contributed by atoms with Crippen molar-refractivity contribution in [3.8, 4) is 5.75 Å². The zero-order valence-electron chi connectivity index (χ0n) is 14.6. The lowest BCUT2D eigenvalue weighted by molar-refractivity contribution is -0.114. The summed E-state index contributed by atoms with van der Waals surface area (Å²) in [7, 11) is -5.86. The quantitative estimate of drug-likeness (QED) is 0.640. The molecule has 0 bridgehead atoms. The number of nitrogens with zero attached hydrogens (tertiary/aromatic N) is 1. The van der Waals surface area contributed by atoms with Crippen LogP contribution >= 0.6 is 0 Å². The maximum absolute atomic E-state index is 13.1. The molecule has 1 aromatic carbocycles. The molecule has 3 N–H and O–H groups in total. The summed E-state index contributed by atoms with van der Waals surface area (Å²) in [6, 6.07) is 3.43. The van der Waals surface area contributed by atoms with Gasteiger partial charge < -0.3 is 15.8 Å². The van der Waals surface area contributed by atoms with Crippen LogP contribution in [0.1, 0.15) is 13.3 Å². The van der Waals surface area contributed by atoms with Crippen LogP contribution in [-0.4, -0.2) is 64.8 Å². The summed E-state index contributed by atoms with van der Waals surface area (Å²) in [5, 5.41) is 2.52. The minimum absolute atomic E-state index is 0.00399. The van der Waals surface area contributed by atoms with Gasteiger partial charge >= 0.3 is 0 Å². The number of hydrogen-bond acceptors (Lipinski definition) is 7. The van der Waals surface area contributed by atoms with E-state index in [1.54, 1.807) is 0 Å². The third-order valence-electron chi connectivity index (χ3n) is 4.05. The van der Waals surface area contributed by atoms with Crippen LogP contribution in [-0.2, 0) is 24.7 Å². The molecule has 0 unspecified atom stereocenters. The number of nitrogens with one attached hydrogen (secondary N) is 1. The van der Waals surface area contributed by atoms with Gasteiger partial charge in [0.1, 0.15) is 5.75 Å². The molecule has 0 aliphatic carbocycles. The highest BCUT2D eigenvalue weighted by molar-refractivity contribution is 7.92. The second-order valence-corrected chi connectivity index (χ2v) is 10.1. The third-order valence-corrected chi connectivity index (χ3v) is 7.75. The van der Waals surface area contributed by atoms with E-state index in [1.807, 2.05) is 0 Å². The molecule has 1 heterocycles. The molecule has 0 saturated carbocycles. The van der Waals surface area contributed by atoms with Crippen molar-refractivity contribution in [3.05, 3.63) is 18.2 Å². The molecule has 1 fully saturated rings. The SMILES string of the molecule is COc1ccc(S(=O)(=O)N(CCN)[C@H]2CCS(=O)(=O)C2)cc1NC(C)=O. The minimum Gasteiger partial charge on any atom is -0.495 e. The Bertz CT molecular complexity index is 883. The molecule has 146 valence electrons. The molecule has 1 aromatic rings. The van der Waals surface area contributed by atoms with Crippen LogP contribution in [0.2, 0.25) is 0 Å². The number of ether oxygens (including phenoxy) is 1. The topological polar surface area (TPSA) is 136 Å². The van der Waals surface area contributed by atoms with E-state index >= 15 is 0 Å². The fraction of sp³-hybridized carbons (Fsp3) is 0.533. The van der Waals surface area contributed by atoms with E-state index in [-0.39, 0.29) is 47.5 Å². The third kappa shape index (κ3) is 4.53. The van der Waals surface area contributed by atoms with E-state index in [1.165, 1.54) is 32.2 Å². The molecular weight excluding hydrogens is 382 g/mol. The monoisotopic (exact) mass is 405 g/mol. The van der Waals surface area contributed by atoms with E-state index in [9.17, 15) is 21.6 Å². The number of anilines is 1. The van der Waals surface area contributed by atoms with Gasteiger partial charge in [0.05, 0.1) is 29.2 Å². The lowest BCUT2D eigenvalue weighted by atomic mass is 10.2. The van der Waals surface area contributed by atoms with Gasteiger partial charge in [-0.25, -0.2) is 16.8 Å². The van der Waals surface area contributed by atoms with Gasteiger partial charge in [0.25, 0.3) is 0 Å². The lowest BCUT2D eigenvalue weighted by Crippen LogP contribution is -2.43. The first-order chi connectivity index (χ1) is 12.1. The highest BCUT2D eigenvalue weighted by atomic mass is 32.2. The molecule has 0 radical (unpaired) electrons. The normalized spacial score (nSPS) is 19.5. The number of methoxy groups -OCH3 is 1. The summed E-state index contributed by atoms with van der Waals surface area (Å²) in [6.07, 6.45) is 0.232. The number of sulfonamides is 1. The van der Waals surface area contributed by atoms with E-state index in [4.69, 9.17) is 10.5 Å². The molecule has 11 heteroatoms. The van der Waals surface area contributed by atoms with Crippen LogP contribution in [0.5, 0.6) is 5.75 Å². The zero-order chi connectivity index (χ0) is 19.5. The molecule has 0 spiro atoms. The fourth-order valence-electron chi connectivity index (χ4n) is 2.90. The summed E-state index contributed by atoms with van der Waals surface area (Å²) in [4.78, 5) is 11.3. The van der Waals surface area contributed by atoms with Gasteiger partial charge in [0.2, 0.25) is 15.9 Å². The Labute approximate surface area is 153 Å². The summed E-state index contributed by atoms with van der Waals surface area (Å²) in [5.41, 5.74) is 5.76. The summed E-state index contributed by atoms with van der Waals surface area (Å²) < 4.78 is 55.9. The average molecular weight is 405 g/mol. The molecule has 1 aliphatic heterocycles. The molecule has 1 saturated heterocycles. The number of nitrogens with two attached hydrogens (primary N) is 1. The van der Waals surface area contributed by atoms with Gasteiger partial charge in [-0.3, -0.25) is 4.79 Å². The van der Waals surface area contributed by atoms with Crippen molar-refractivity contribution >= 4 is 31.5 Å². The van der Waals surface area contributed by atoms with Crippen molar-refractivity contribution in [2.24, 2.45) is 5.73 Å². The van der Waals surface area contributed by atoms with Crippen LogP contribution in [0.3, 0.4) is 0 Å². The number of benzene rings is 1. The van der Waals surface area contributed by atoms with Gasteiger partial charge in [0.15, 0.2) is 9.84 Å². The van der Waals surface area contributed by atoms with E-state index in [2.05, 4.69) is 5.32 Å². The first-order valence-corrected chi connectivity index (χ1v) is 11.2. The number of sulfone groups is 1. The minimum atomic E-state index is -4.00. The van der Waals surface area contributed by atoms with Crippen molar-refractivity contribution < 1.29 is 26.4 Å². The first kappa shape index (κ1) is 20.6. The number of carbonyl (C=O) groups is 1. The smallest absolute Gasteiger partial charge is 0.243 e. The van der Waals surface area contributed by atoms with Gasteiger partial charge in [-0.15, -0.1) is 0 Å². The van der Waals surface area contributed by atoms with Gasteiger partial charge in [-0.05, 0) is 24.6 Å². The van der Waals surface area contributed by atoms with Crippen molar-refractivity contribution in [2.75, 3.05) is 37.0 Å². The molecule has 1 atom stereocenters. The zero-order valence-corrected chi connectivity index (χ0v) is 16.3. The van der Waals surface area contributed by atoms with E-state index in [0.717, 1.165) is 4.31 Å². The predicted octanol–water partition coefficient (Wildman–Crippen LogP) is -0.210. The molecule has 2 rings (SSSR count). The fourth-order valence-corrected chi connectivity index (χ4v) is 6.42. The largest absolute Gasteiger partial charge is 0.495 e. The maximum atomic E-state index is 13.1. The molecule has 1 amide bonds. The Hall–Kier alpha value is -1.69. The van der Waals surface area contributed by atoms with E-state index < -0.39 is 25.9 Å². The Kier molecular flexibility index (Phi) is 6.27. The molecular formula is C15H23N3O6S2. The second-order valence-electron chi connectivity index (χ2n) is 6.00. The van der Waals surface area contributed by atoms with Crippen LogP contribution < -0.4 is 15.8 Å². The number of carbonyl (C=O) groups excluding carboxylic acids is 1. The number of hydrogen-bond donors (Lipinski definition) is 2. The van der Waals surface area contributed by atoms with Crippen LogP contribution in [0, 0.1) is 0 Å². The second kappa shape index (κ2) is 7.91. The maximum Gasteiger partial charge on any atom is 0.243 e. The lowest BCUT2D eigenvalue weighted by Gasteiger charge is -2.27. The van der Waals surface area contributed by atoms with Crippen molar-refractivity contribution in [2.45, 2.75) is 24.3 Å². The highest BCUT2D eigenvalue weighted by Gasteiger charge is 2.38. The standard InChI is InChI=1S/C15H23N3O6S2/c1-11(19)17-14-9-13(3-4-15(14)24-2)26(22,23)18(7-6-16)12-5-8-25(20,21)10-12/h3-4,9,12H,5-8,10,16H2,1-2H3,(H,17,19)/t12-/m0/s1. The Balaban J connectivity index is 2.44. The van der Waals surface area contributed by atoms with Crippen LogP contribution in [0.4, 0.5) is 5.69 Å².